The quantitative estimate of drug-likeness (QED) is 0.393. The van der Waals surface area contributed by atoms with Gasteiger partial charge in [0.1, 0.15) is 24.4 Å². The molecule has 5 atom stereocenters. The lowest BCUT2D eigenvalue weighted by atomic mass is 10.1. The summed E-state index contributed by atoms with van der Waals surface area (Å²) >= 11 is 0. The van der Waals surface area contributed by atoms with E-state index in [-0.39, 0.29) is 12.4 Å². The second-order valence-electron chi connectivity index (χ2n) is 6.63. The Morgan fingerprint density at radius 3 is 2.78 bits per heavy atom. The van der Waals surface area contributed by atoms with E-state index in [2.05, 4.69) is 15.3 Å². The highest BCUT2D eigenvalue weighted by Gasteiger charge is 2.55. The van der Waals surface area contributed by atoms with Crippen LogP contribution < -0.4 is 16.9 Å². The number of fused-ring (bicyclic) bond motifs is 1. The van der Waals surface area contributed by atoms with E-state index >= 15 is 0 Å². The number of carbonyl (C=O) groups excluding carboxylic acids is 1. The zero-order valence-corrected chi connectivity index (χ0v) is 14.8. The molecule has 2 aliphatic heterocycles. The van der Waals surface area contributed by atoms with Crippen LogP contribution in [0.2, 0.25) is 0 Å². The third-order valence-corrected chi connectivity index (χ3v) is 4.17. The average Bonchev–Trinajstić information content (AvgIpc) is 3.11. The Balaban J connectivity index is 1.74. The molecule has 0 bridgehead atoms. The highest BCUT2D eigenvalue weighted by molar-refractivity contribution is 5.76. The monoisotopic (exact) mass is 386 g/mol. The summed E-state index contributed by atoms with van der Waals surface area (Å²) < 4.78 is 18.4. The van der Waals surface area contributed by atoms with Gasteiger partial charge in [-0.05, 0) is 13.8 Å². The summed E-state index contributed by atoms with van der Waals surface area (Å²) in [5.74, 6) is -1.81. The van der Waals surface area contributed by atoms with Gasteiger partial charge >= 0.3 is 11.7 Å². The number of aliphatic hydroxyl groups is 2. The Kier molecular flexibility index (Phi) is 5.46. The fraction of sp³-hybridized carbons (Fsp3) is 0.667. The molecule has 0 spiro atoms. The molecule has 2 saturated heterocycles. The SMILES string of the molecule is CC1(C)O[C@@H]2[C@H](O1)[C@@H](CO)O[C@H]2n1ccc(NOC(=O)[C@H](N)CO)nc1=O. The van der Waals surface area contributed by atoms with Crippen LogP contribution in [-0.4, -0.2) is 69.1 Å². The van der Waals surface area contributed by atoms with E-state index in [1.807, 2.05) is 0 Å². The smallest absolute Gasteiger partial charge is 0.351 e. The van der Waals surface area contributed by atoms with Gasteiger partial charge in [-0.2, -0.15) is 4.98 Å². The largest absolute Gasteiger partial charge is 0.394 e. The van der Waals surface area contributed by atoms with Gasteiger partial charge in [-0.15, -0.1) is 0 Å². The highest BCUT2D eigenvalue weighted by atomic mass is 16.8. The van der Waals surface area contributed by atoms with Crippen LogP contribution in [0.3, 0.4) is 0 Å². The first kappa shape index (κ1) is 19.7. The van der Waals surface area contributed by atoms with E-state index in [4.69, 9.17) is 25.1 Å². The van der Waals surface area contributed by atoms with Crippen molar-refractivity contribution in [2.24, 2.45) is 5.73 Å². The van der Waals surface area contributed by atoms with Crippen LogP contribution in [0.4, 0.5) is 5.82 Å². The van der Waals surface area contributed by atoms with Crippen molar-refractivity contribution >= 4 is 11.8 Å². The van der Waals surface area contributed by atoms with Gasteiger partial charge in [0, 0.05) is 12.3 Å². The Bertz CT molecular complexity index is 754. The van der Waals surface area contributed by atoms with E-state index < -0.39 is 54.6 Å². The predicted molar refractivity (Wildman–Crippen MR) is 88.1 cm³/mol. The lowest BCUT2D eigenvalue weighted by Gasteiger charge is -2.24. The molecule has 3 heterocycles. The molecule has 1 aromatic heterocycles. The number of aromatic nitrogens is 2. The van der Waals surface area contributed by atoms with Crippen LogP contribution in [0.1, 0.15) is 20.1 Å². The summed E-state index contributed by atoms with van der Waals surface area (Å²) in [5.41, 5.74) is 6.80. The number of hydrogen-bond acceptors (Lipinski definition) is 11. The Morgan fingerprint density at radius 1 is 1.44 bits per heavy atom. The summed E-state index contributed by atoms with van der Waals surface area (Å²) in [5, 5.41) is 18.3. The molecule has 0 amide bonds. The molecule has 12 nitrogen and oxygen atoms in total. The van der Waals surface area contributed by atoms with Crippen molar-refractivity contribution in [3.8, 4) is 0 Å². The maximum absolute atomic E-state index is 12.4. The van der Waals surface area contributed by atoms with E-state index in [1.54, 1.807) is 13.8 Å². The molecule has 0 saturated carbocycles. The van der Waals surface area contributed by atoms with Crippen LogP contribution in [0, 0.1) is 0 Å². The Morgan fingerprint density at radius 2 is 2.15 bits per heavy atom. The molecule has 0 aliphatic carbocycles. The number of ether oxygens (including phenoxy) is 3. The first-order chi connectivity index (χ1) is 12.8. The van der Waals surface area contributed by atoms with Crippen molar-refractivity contribution in [1.82, 2.24) is 9.55 Å². The molecule has 150 valence electrons. The number of rotatable bonds is 6. The summed E-state index contributed by atoms with van der Waals surface area (Å²) in [6, 6.07) is 0.171. The van der Waals surface area contributed by atoms with Gasteiger partial charge in [-0.25, -0.2) is 15.1 Å². The minimum absolute atomic E-state index is 0.0353. The third kappa shape index (κ3) is 3.95. The summed E-state index contributed by atoms with van der Waals surface area (Å²) in [6.07, 6.45) is -1.23. The molecule has 12 heteroatoms. The van der Waals surface area contributed by atoms with Gasteiger partial charge in [-0.1, -0.05) is 0 Å². The lowest BCUT2D eigenvalue weighted by molar-refractivity contribution is -0.200. The highest BCUT2D eigenvalue weighted by Crippen LogP contribution is 2.42. The number of aliphatic hydroxyl groups excluding tert-OH is 2. The van der Waals surface area contributed by atoms with Crippen molar-refractivity contribution in [1.29, 1.82) is 0 Å². The topological polar surface area (TPSA) is 167 Å². The van der Waals surface area contributed by atoms with Crippen molar-refractivity contribution in [2.75, 3.05) is 18.7 Å². The summed E-state index contributed by atoms with van der Waals surface area (Å²) in [6.45, 7) is 2.59. The maximum atomic E-state index is 12.4. The molecule has 3 rings (SSSR count). The molecular weight excluding hydrogens is 364 g/mol. The molecule has 0 unspecified atom stereocenters. The normalized spacial score (nSPS) is 30.0. The van der Waals surface area contributed by atoms with E-state index in [0.29, 0.717) is 0 Å². The minimum Gasteiger partial charge on any atom is -0.394 e. The van der Waals surface area contributed by atoms with Gasteiger partial charge in [0.25, 0.3) is 0 Å². The van der Waals surface area contributed by atoms with Crippen LogP contribution in [0.5, 0.6) is 0 Å². The summed E-state index contributed by atoms with van der Waals surface area (Å²) in [4.78, 5) is 32.2. The van der Waals surface area contributed by atoms with Crippen molar-refractivity contribution in [2.45, 2.75) is 50.2 Å². The van der Waals surface area contributed by atoms with Crippen LogP contribution in [-0.2, 0) is 23.8 Å². The Labute approximate surface area is 153 Å². The van der Waals surface area contributed by atoms with Gasteiger partial charge in [0.05, 0.1) is 13.2 Å². The van der Waals surface area contributed by atoms with Crippen molar-refractivity contribution < 1.29 is 34.1 Å². The summed E-state index contributed by atoms with van der Waals surface area (Å²) in [7, 11) is 0. The second-order valence-corrected chi connectivity index (χ2v) is 6.63. The number of anilines is 1. The van der Waals surface area contributed by atoms with E-state index in [1.165, 1.54) is 16.8 Å². The van der Waals surface area contributed by atoms with Crippen LogP contribution in [0.25, 0.3) is 0 Å². The third-order valence-electron chi connectivity index (χ3n) is 4.17. The molecule has 0 aromatic carbocycles. The zero-order valence-electron chi connectivity index (χ0n) is 14.8. The number of nitrogens with two attached hydrogens (primary N) is 1. The van der Waals surface area contributed by atoms with Gasteiger partial charge in [0.2, 0.25) is 0 Å². The maximum Gasteiger partial charge on any atom is 0.351 e. The van der Waals surface area contributed by atoms with Crippen molar-refractivity contribution in [3.63, 3.8) is 0 Å². The number of hydrogen-bond donors (Lipinski definition) is 4. The first-order valence-electron chi connectivity index (χ1n) is 8.30. The number of nitrogens with zero attached hydrogens (tertiary/aromatic N) is 2. The minimum atomic E-state index is -1.21. The molecule has 2 aliphatic rings. The molecule has 0 radical (unpaired) electrons. The average molecular weight is 386 g/mol. The fourth-order valence-corrected chi connectivity index (χ4v) is 2.95. The van der Waals surface area contributed by atoms with Crippen molar-refractivity contribution in [3.05, 3.63) is 22.7 Å². The van der Waals surface area contributed by atoms with Gasteiger partial charge in [-0.3, -0.25) is 4.57 Å². The van der Waals surface area contributed by atoms with E-state index in [0.717, 1.165) is 0 Å². The molecule has 5 N–H and O–H groups in total. The second kappa shape index (κ2) is 7.50. The van der Waals surface area contributed by atoms with Crippen LogP contribution >= 0.6 is 0 Å². The standard InChI is InChI=1S/C15H22N4O8/c1-15(2)25-10-8(6-21)24-12(11(10)26-15)19-4-3-9(17-14(19)23)18-27-13(22)7(16)5-20/h3-4,7-8,10-12,20-21H,5-6,16H2,1-2H3,(H,17,18,23)/t7-,8-,10-,11-,12-/m1/s1. The fourth-order valence-electron chi connectivity index (χ4n) is 2.95. The Hall–Kier alpha value is -2.09. The molecule has 2 fully saturated rings. The number of nitrogens with one attached hydrogen (secondary N) is 1. The zero-order chi connectivity index (χ0) is 19.8. The lowest BCUT2D eigenvalue weighted by Crippen LogP contribution is -2.37. The van der Waals surface area contributed by atoms with Crippen LogP contribution in [0.15, 0.2) is 17.1 Å². The number of carbonyl (C=O) groups is 1. The molecular formula is C15H22N4O8. The molecule has 27 heavy (non-hydrogen) atoms. The molecule has 1 aromatic rings. The predicted octanol–water partition coefficient (Wildman–Crippen LogP) is -2.16. The van der Waals surface area contributed by atoms with Gasteiger partial charge in [0.15, 0.2) is 17.8 Å². The van der Waals surface area contributed by atoms with E-state index in [9.17, 15) is 14.7 Å². The first-order valence-corrected chi connectivity index (χ1v) is 8.30. The van der Waals surface area contributed by atoms with Gasteiger partial charge < -0.3 is 35.0 Å².